The summed E-state index contributed by atoms with van der Waals surface area (Å²) in [6.07, 6.45) is -1.10. The van der Waals surface area contributed by atoms with Gasteiger partial charge in [0.25, 0.3) is 10.0 Å². The Balaban J connectivity index is 1.86. The van der Waals surface area contributed by atoms with Crippen LogP contribution < -0.4 is 18.5 Å². The van der Waals surface area contributed by atoms with Crippen molar-refractivity contribution in [1.82, 2.24) is 0 Å². The van der Waals surface area contributed by atoms with Crippen LogP contribution in [-0.4, -0.2) is 47.0 Å². The number of hydrogen-bond acceptors (Lipinski definition) is 6. The molecule has 7 nitrogen and oxygen atoms in total. The van der Waals surface area contributed by atoms with E-state index < -0.39 is 16.1 Å². The molecule has 0 aliphatic carbocycles. The predicted molar refractivity (Wildman–Crippen MR) is 118 cm³/mol. The van der Waals surface area contributed by atoms with E-state index in [2.05, 4.69) is 0 Å². The zero-order chi connectivity index (χ0) is 22.3. The third kappa shape index (κ3) is 5.48. The molecule has 0 fully saturated rings. The number of para-hydroxylation sites is 2. The minimum atomic E-state index is -3.96. The highest BCUT2D eigenvalue weighted by Crippen LogP contribution is 2.32. The van der Waals surface area contributed by atoms with Gasteiger partial charge in [-0.2, -0.15) is 0 Å². The average Bonchev–Trinajstić information content (AvgIpc) is 2.81. The highest BCUT2D eigenvalue weighted by atomic mass is 32.2. The molecule has 0 radical (unpaired) electrons. The molecule has 164 valence electrons. The van der Waals surface area contributed by atoms with Gasteiger partial charge in [-0.15, -0.1) is 0 Å². The van der Waals surface area contributed by atoms with Gasteiger partial charge in [-0.3, -0.25) is 4.31 Å². The van der Waals surface area contributed by atoms with E-state index in [0.29, 0.717) is 22.9 Å². The van der Waals surface area contributed by atoms with Crippen LogP contribution in [-0.2, 0) is 10.0 Å². The first kappa shape index (κ1) is 22.5. The molecule has 0 unspecified atom stereocenters. The lowest BCUT2D eigenvalue weighted by atomic mass is 10.2. The fourth-order valence-corrected chi connectivity index (χ4v) is 4.54. The van der Waals surface area contributed by atoms with E-state index in [0.717, 1.165) is 4.31 Å². The summed E-state index contributed by atoms with van der Waals surface area (Å²) >= 11 is 0. The first-order valence-electron chi connectivity index (χ1n) is 9.61. The monoisotopic (exact) mass is 443 g/mol. The second kappa shape index (κ2) is 10.2. The maximum atomic E-state index is 13.4. The lowest BCUT2D eigenvalue weighted by Crippen LogP contribution is -2.40. The Morgan fingerprint density at radius 2 is 1.55 bits per heavy atom. The van der Waals surface area contributed by atoms with Crippen LogP contribution in [0.25, 0.3) is 0 Å². The molecular weight excluding hydrogens is 418 g/mol. The van der Waals surface area contributed by atoms with Crippen LogP contribution in [0.4, 0.5) is 5.69 Å². The SMILES string of the molecule is COc1cccc(OC[C@H](O)CN(c2ccccc2OC)S(=O)(=O)c2ccccc2)c1. The number of anilines is 1. The van der Waals surface area contributed by atoms with Crippen molar-refractivity contribution in [1.29, 1.82) is 0 Å². The third-order valence-electron chi connectivity index (χ3n) is 4.55. The van der Waals surface area contributed by atoms with Crippen molar-refractivity contribution in [2.45, 2.75) is 11.0 Å². The molecule has 0 aliphatic rings. The van der Waals surface area contributed by atoms with Crippen molar-refractivity contribution >= 4 is 15.7 Å². The van der Waals surface area contributed by atoms with Crippen molar-refractivity contribution in [2.75, 3.05) is 31.7 Å². The molecule has 0 aromatic heterocycles. The van der Waals surface area contributed by atoms with Crippen LogP contribution in [0.3, 0.4) is 0 Å². The van der Waals surface area contributed by atoms with Crippen molar-refractivity contribution in [3.8, 4) is 17.2 Å². The van der Waals surface area contributed by atoms with Gasteiger partial charge in [0.2, 0.25) is 0 Å². The number of aliphatic hydroxyl groups is 1. The fourth-order valence-electron chi connectivity index (χ4n) is 3.01. The van der Waals surface area contributed by atoms with E-state index in [-0.39, 0.29) is 18.0 Å². The highest BCUT2D eigenvalue weighted by Gasteiger charge is 2.29. The van der Waals surface area contributed by atoms with E-state index in [9.17, 15) is 13.5 Å². The van der Waals surface area contributed by atoms with Crippen LogP contribution >= 0.6 is 0 Å². The van der Waals surface area contributed by atoms with Gasteiger partial charge in [0, 0.05) is 6.07 Å². The minimum absolute atomic E-state index is 0.108. The maximum absolute atomic E-state index is 13.4. The van der Waals surface area contributed by atoms with E-state index in [1.807, 2.05) is 0 Å². The van der Waals surface area contributed by atoms with Crippen molar-refractivity contribution in [2.24, 2.45) is 0 Å². The molecule has 8 heteroatoms. The molecule has 0 amide bonds. The third-order valence-corrected chi connectivity index (χ3v) is 6.34. The molecule has 0 saturated carbocycles. The molecule has 3 aromatic rings. The molecule has 1 N–H and O–H groups in total. The predicted octanol–water partition coefficient (Wildman–Crippen LogP) is 3.34. The summed E-state index contributed by atoms with van der Waals surface area (Å²) in [5, 5.41) is 10.6. The summed E-state index contributed by atoms with van der Waals surface area (Å²) in [5.74, 6) is 1.50. The van der Waals surface area contributed by atoms with Crippen molar-refractivity contribution in [3.05, 3.63) is 78.9 Å². The van der Waals surface area contributed by atoms with E-state index in [1.54, 1.807) is 73.8 Å². The second-order valence-corrected chi connectivity index (χ2v) is 8.53. The number of sulfonamides is 1. The largest absolute Gasteiger partial charge is 0.497 e. The molecule has 0 saturated heterocycles. The van der Waals surface area contributed by atoms with Crippen LogP contribution in [0.1, 0.15) is 0 Å². The number of methoxy groups -OCH3 is 2. The number of nitrogens with zero attached hydrogens (tertiary/aromatic N) is 1. The van der Waals surface area contributed by atoms with Crippen molar-refractivity contribution in [3.63, 3.8) is 0 Å². The number of hydrogen-bond donors (Lipinski definition) is 1. The Bertz CT molecular complexity index is 1090. The maximum Gasteiger partial charge on any atom is 0.264 e. The van der Waals surface area contributed by atoms with Crippen LogP contribution in [0.15, 0.2) is 83.8 Å². The number of aliphatic hydroxyl groups excluding tert-OH is 1. The topological polar surface area (TPSA) is 85.3 Å². The first-order chi connectivity index (χ1) is 15.0. The molecule has 0 bridgehead atoms. The van der Waals surface area contributed by atoms with Gasteiger partial charge in [0.05, 0.1) is 31.3 Å². The summed E-state index contributed by atoms with van der Waals surface area (Å²) in [6.45, 7) is -0.329. The zero-order valence-electron chi connectivity index (χ0n) is 17.3. The Hall–Kier alpha value is -3.23. The quantitative estimate of drug-likeness (QED) is 0.517. The van der Waals surface area contributed by atoms with Gasteiger partial charge in [-0.05, 0) is 36.4 Å². The molecule has 1 atom stereocenters. The van der Waals surface area contributed by atoms with Gasteiger partial charge in [0.1, 0.15) is 30.0 Å². The minimum Gasteiger partial charge on any atom is -0.497 e. The van der Waals surface area contributed by atoms with Crippen molar-refractivity contribution < 1.29 is 27.7 Å². The van der Waals surface area contributed by atoms with Gasteiger partial charge in [-0.25, -0.2) is 8.42 Å². The van der Waals surface area contributed by atoms with E-state index in [1.165, 1.54) is 19.2 Å². The Morgan fingerprint density at radius 1 is 0.871 bits per heavy atom. The molecule has 0 spiro atoms. The summed E-state index contributed by atoms with van der Waals surface area (Å²) in [5.41, 5.74) is 0.328. The molecular formula is C23H25NO6S. The fraction of sp³-hybridized carbons (Fsp3) is 0.217. The van der Waals surface area contributed by atoms with E-state index in [4.69, 9.17) is 14.2 Å². The molecule has 0 aliphatic heterocycles. The molecule has 31 heavy (non-hydrogen) atoms. The molecule has 3 rings (SSSR count). The zero-order valence-corrected chi connectivity index (χ0v) is 18.2. The summed E-state index contributed by atoms with van der Waals surface area (Å²) in [6, 6.07) is 21.8. The van der Waals surface area contributed by atoms with Crippen LogP contribution in [0.5, 0.6) is 17.2 Å². The van der Waals surface area contributed by atoms with Crippen LogP contribution in [0, 0.1) is 0 Å². The van der Waals surface area contributed by atoms with Crippen LogP contribution in [0.2, 0.25) is 0 Å². The Labute approximate surface area is 182 Å². The summed E-state index contributed by atoms with van der Waals surface area (Å²) in [7, 11) is -0.942. The molecule has 0 heterocycles. The normalized spacial score (nSPS) is 12.1. The standard InChI is InChI=1S/C23H25NO6S/c1-28-19-9-8-10-20(15-19)30-17-18(25)16-24(22-13-6-7-14-23(22)29-2)31(26,27)21-11-4-3-5-12-21/h3-15,18,25H,16-17H2,1-2H3/t18-/m1/s1. The Kier molecular flexibility index (Phi) is 7.38. The van der Waals surface area contributed by atoms with Gasteiger partial charge >= 0.3 is 0 Å². The highest BCUT2D eigenvalue weighted by molar-refractivity contribution is 7.92. The Morgan fingerprint density at radius 3 is 2.26 bits per heavy atom. The second-order valence-electron chi connectivity index (χ2n) is 6.66. The lowest BCUT2D eigenvalue weighted by molar-refractivity contribution is 0.114. The number of benzene rings is 3. The average molecular weight is 444 g/mol. The van der Waals surface area contributed by atoms with Gasteiger partial charge < -0.3 is 19.3 Å². The van der Waals surface area contributed by atoms with E-state index >= 15 is 0 Å². The van der Waals surface area contributed by atoms with Gasteiger partial charge in [0.15, 0.2) is 0 Å². The smallest absolute Gasteiger partial charge is 0.264 e. The first-order valence-corrected chi connectivity index (χ1v) is 11.1. The number of rotatable bonds is 10. The van der Waals surface area contributed by atoms with Gasteiger partial charge in [-0.1, -0.05) is 36.4 Å². The lowest BCUT2D eigenvalue weighted by Gasteiger charge is -2.28. The number of ether oxygens (including phenoxy) is 3. The summed E-state index contributed by atoms with van der Waals surface area (Å²) in [4.78, 5) is 0.113. The molecule has 3 aromatic carbocycles. The summed E-state index contributed by atoms with van der Waals surface area (Å²) < 4.78 is 44.1.